The molecule has 0 radical (unpaired) electrons. The minimum atomic E-state index is -2.23. The molecular formula is C35H31ClF3N5O5. The molecule has 1 aromatic heterocycles. The van der Waals surface area contributed by atoms with E-state index in [1.54, 1.807) is 6.21 Å². The second-order valence-electron chi connectivity index (χ2n) is 12.2. The standard InChI is InChI=1S/C35H31ClF3N5O5/c1-34(33(41)46)16-49-31-23(34)12-28(44-30(31)22-11-24(36)26(39)13-25(22)38)35(47,19-3-5-20(37)6-4-19)15-43-32(45)17-9-18(14-42-21-7-8-21)29(40)27(10-17)48-2/h3-6,9-14,21,47H,7-8,15-16,40H2,1-2H3,(H2,41,46)(H,43,45)/t34-,35+/m0/s1. The van der Waals surface area contributed by atoms with E-state index < -0.39 is 51.8 Å². The quantitative estimate of drug-likeness (QED) is 0.105. The van der Waals surface area contributed by atoms with Crippen LogP contribution in [0.4, 0.5) is 18.9 Å². The van der Waals surface area contributed by atoms with Crippen LogP contribution in [0, 0.1) is 17.5 Å². The number of nitrogen functional groups attached to an aromatic ring is 1. The van der Waals surface area contributed by atoms with Crippen LogP contribution in [0.1, 0.15) is 52.5 Å². The normalized spacial score (nSPS) is 18.1. The predicted molar refractivity (Wildman–Crippen MR) is 176 cm³/mol. The maximum absolute atomic E-state index is 15.3. The number of carbonyl (C=O) groups is 2. The Morgan fingerprint density at radius 2 is 1.88 bits per heavy atom. The molecule has 1 saturated carbocycles. The third-order valence-electron chi connectivity index (χ3n) is 8.76. The van der Waals surface area contributed by atoms with Gasteiger partial charge in [-0.05, 0) is 61.7 Å². The fourth-order valence-corrected chi connectivity index (χ4v) is 5.69. The van der Waals surface area contributed by atoms with Crippen molar-refractivity contribution in [2.45, 2.75) is 36.8 Å². The maximum atomic E-state index is 15.3. The van der Waals surface area contributed by atoms with Crippen LogP contribution in [0.5, 0.6) is 11.5 Å². The van der Waals surface area contributed by atoms with Crippen LogP contribution in [0.25, 0.3) is 11.3 Å². The number of aliphatic imine (C=N–C) groups is 1. The lowest BCUT2D eigenvalue weighted by Gasteiger charge is -2.30. The number of anilines is 1. The van der Waals surface area contributed by atoms with Crippen LogP contribution in [0.2, 0.25) is 5.02 Å². The van der Waals surface area contributed by atoms with Crippen LogP contribution in [0.15, 0.2) is 59.6 Å². The number of aromatic nitrogens is 1. The topological polar surface area (TPSA) is 162 Å². The summed E-state index contributed by atoms with van der Waals surface area (Å²) in [4.78, 5) is 35.4. The number of nitrogens with zero attached hydrogens (tertiary/aromatic N) is 2. The molecule has 1 aliphatic heterocycles. The minimum Gasteiger partial charge on any atom is -0.495 e. The van der Waals surface area contributed by atoms with Crippen molar-refractivity contribution in [2.75, 3.05) is 26.0 Å². The van der Waals surface area contributed by atoms with Gasteiger partial charge in [0.25, 0.3) is 5.91 Å². The summed E-state index contributed by atoms with van der Waals surface area (Å²) >= 11 is 6.02. The van der Waals surface area contributed by atoms with Gasteiger partial charge in [0.15, 0.2) is 0 Å². The van der Waals surface area contributed by atoms with Gasteiger partial charge < -0.3 is 31.4 Å². The summed E-state index contributed by atoms with van der Waals surface area (Å²) in [6, 6.07) is 10.8. The highest BCUT2D eigenvalue weighted by Crippen LogP contribution is 2.47. The van der Waals surface area contributed by atoms with Crippen molar-refractivity contribution in [3.05, 3.63) is 105 Å². The molecular weight excluding hydrogens is 663 g/mol. The highest BCUT2D eigenvalue weighted by atomic mass is 35.5. The van der Waals surface area contributed by atoms with Crippen molar-refractivity contribution in [1.82, 2.24) is 10.3 Å². The summed E-state index contributed by atoms with van der Waals surface area (Å²) < 4.78 is 54.8. The van der Waals surface area contributed by atoms with E-state index in [-0.39, 0.29) is 63.5 Å². The van der Waals surface area contributed by atoms with Gasteiger partial charge in [0.05, 0.1) is 36.1 Å². The Hall–Kier alpha value is -5.14. The molecule has 14 heteroatoms. The Bertz CT molecular complexity index is 2020. The lowest BCUT2D eigenvalue weighted by atomic mass is 9.80. The van der Waals surface area contributed by atoms with Gasteiger partial charge >= 0.3 is 0 Å². The van der Waals surface area contributed by atoms with Crippen LogP contribution in [-0.4, -0.2) is 54.4 Å². The van der Waals surface area contributed by atoms with Crippen molar-refractivity contribution in [1.29, 1.82) is 0 Å². The molecule has 254 valence electrons. The Balaban J connectivity index is 1.48. The number of nitrogens with two attached hydrogens (primary N) is 2. The first-order chi connectivity index (χ1) is 23.2. The number of hydrogen-bond donors (Lipinski definition) is 4. The molecule has 0 saturated heterocycles. The second kappa shape index (κ2) is 12.7. The van der Waals surface area contributed by atoms with Gasteiger partial charge in [0, 0.05) is 34.5 Å². The molecule has 2 amide bonds. The van der Waals surface area contributed by atoms with Gasteiger partial charge in [-0.2, -0.15) is 0 Å². The van der Waals surface area contributed by atoms with E-state index in [4.69, 9.17) is 32.5 Å². The number of ether oxygens (including phenoxy) is 2. The van der Waals surface area contributed by atoms with Gasteiger partial charge in [0.2, 0.25) is 5.91 Å². The summed E-state index contributed by atoms with van der Waals surface area (Å²) in [5, 5.41) is 14.7. The second-order valence-corrected chi connectivity index (χ2v) is 12.6. The first-order valence-electron chi connectivity index (χ1n) is 15.2. The van der Waals surface area contributed by atoms with Crippen molar-refractivity contribution in [3.63, 3.8) is 0 Å². The van der Waals surface area contributed by atoms with Gasteiger partial charge in [-0.15, -0.1) is 0 Å². The third-order valence-corrected chi connectivity index (χ3v) is 9.05. The maximum Gasteiger partial charge on any atom is 0.251 e. The van der Waals surface area contributed by atoms with Crippen molar-refractivity contribution >= 4 is 35.3 Å². The minimum absolute atomic E-state index is 0.0357. The molecule has 49 heavy (non-hydrogen) atoms. The largest absolute Gasteiger partial charge is 0.495 e. The highest BCUT2D eigenvalue weighted by molar-refractivity contribution is 6.31. The Labute approximate surface area is 283 Å². The Kier molecular flexibility index (Phi) is 8.76. The number of pyridine rings is 1. The van der Waals surface area contributed by atoms with Crippen molar-refractivity contribution in [2.24, 2.45) is 10.7 Å². The number of carbonyl (C=O) groups excluding carboxylic acids is 2. The summed E-state index contributed by atoms with van der Waals surface area (Å²) in [5.74, 6) is -3.93. The van der Waals surface area contributed by atoms with E-state index >= 15 is 4.39 Å². The third kappa shape index (κ3) is 6.27. The summed E-state index contributed by atoms with van der Waals surface area (Å²) in [6.07, 6.45) is 3.50. The first kappa shape index (κ1) is 33.7. The van der Waals surface area contributed by atoms with Crippen molar-refractivity contribution < 1.29 is 37.3 Å². The van der Waals surface area contributed by atoms with E-state index in [9.17, 15) is 23.5 Å². The molecule has 1 fully saturated rings. The smallest absolute Gasteiger partial charge is 0.251 e. The number of rotatable bonds is 10. The molecule has 0 spiro atoms. The zero-order valence-corrected chi connectivity index (χ0v) is 27.1. The summed E-state index contributed by atoms with van der Waals surface area (Å²) in [7, 11) is 1.40. The molecule has 2 heterocycles. The molecule has 3 aromatic carbocycles. The number of aliphatic hydroxyl groups is 1. The zero-order valence-electron chi connectivity index (χ0n) is 26.3. The van der Waals surface area contributed by atoms with Gasteiger partial charge in [-0.1, -0.05) is 23.7 Å². The molecule has 10 nitrogen and oxygen atoms in total. The van der Waals surface area contributed by atoms with Crippen molar-refractivity contribution in [3.8, 4) is 22.8 Å². The number of methoxy groups -OCH3 is 1. The predicted octanol–water partition coefficient (Wildman–Crippen LogP) is 4.79. The lowest BCUT2D eigenvalue weighted by molar-refractivity contribution is -0.123. The zero-order chi connectivity index (χ0) is 35.2. The Morgan fingerprint density at radius 3 is 2.53 bits per heavy atom. The SMILES string of the molecule is COc1cc(C(=O)NC[C@@](O)(c2ccc(F)cc2)c2cc3c(c(-c4cc(Cl)c(F)cc4F)n2)OC[C@]3(C)C(N)=O)cc(C=NC2CC2)c1N. The number of hydrogen-bond acceptors (Lipinski definition) is 8. The van der Waals surface area contributed by atoms with E-state index in [1.807, 2.05) is 0 Å². The van der Waals surface area contributed by atoms with E-state index in [0.717, 1.165) is 31.0 Å². The van der Waals surface area contributed by atoms with E-state index in [0.29, 0.717) is 11.6 Å². The Morgan fingerprint density at radius 1 is 1.16 bits per heavy atom. The van der Waals surface area contributed by atoms with Crippen LogP contribution in [-0.2, 0) is 15.8 Å². The molecule has 6 N–H and O–H groups in total. The number of nitrogens with one attached hydrogen (secondary N) is 1. The molecule has 6 rings (SSSR count). The summed E-state index contributed by atoms with van der Waals surface area (Å²) in [6.45, 7) is 0.700. The first-order valence-corrected chi connectivity index (χ1v) is 15.5. The average Bonchev–Trinajstić information content (AvgIpc) is 3.85. The monoisotopic (exact) mass is 693 g/mol. The molecule has 4 aromatic rings. The number of halogens is 4. The molecule has 0 bridgehead atoms. The molecule has 1 aliphatic carbocycles. The summed E-state index contributed by atoms with van der Waals surface area (Å²) in [5.41, 5.74) is 8.70. The number of benzene rings is 3. The lowest BCUT2D eigenvalue weighted by Crippen LogP contribution is -2.43. The number of primary amides is 1. The van der Waals surface area contributed by atoms with Gasteiger partial charge in [-0.25, -0.2) is 18.2 Å². The fourth-order valence-electron chi connectivity index (χ4n) is 5.53. The van der Waals surface area contributed by atoms with Gasteiger partial charge in [0.1, 0.15) is 52.3 Å². The van der Waals surface area contributed by atoms with Gasteiger partial charge in [-0.3, -0.25) is 14.6 Å². The highest BCUT2D eigenvalue weighted by Gasteiger charge is 2.46. The van der Waals surface area contributed by atoms with Crippen LogP contribution < -0.4 is 26.3 Å². The molecule has 2 atom stereocenters. The molecule has 0 unspecified atom stereocenters. The molecule has 2 aliphatic rings. The average molecular weight is 694 g/mol. The van der Waals surface area contributed by atoms with E-state index in [2.05, 4.69) is 15.3 Å². The van der Waals surface area contributed by atoms with Crippen LogP contribution >= 0.6 is 11.6 Å². The number of fused-ring (bicyclic) bond motifs is 1. The number of amides is 2. The van der Waals surface area contributed by atoms with Crippen LogP contribution in [0.3, 0.4) is 0 Å². The fraction of sp³-hybridized carbons (Fsp3) is 0.257. The van der Waals surface area contributed by atoms with E-state index in [1.165, 1.54) is 44.4 Å².